The van der Waals surface area contributed by atoms with Crippen molar-refractivity contribution >= 4 is 38.9 Å². The summed E-state index contributed by atoms with van der Waals surface area (Å²) >= 11 is 10.9. The Morgan fingerprint density at radius 1 is 1.71 bits per heavy atom. The van der Waals surface area contributed by atoms with Crippen LogP contribution in [0.25, 0.3) is 0 Å². The van der Waals surface area contributed by atoms with Gasteiger partial charge in [-0.05, 0) is 34.8 Å². The van der Waals surface area contributed by atoms with Crippen LogP contribution in [0.3, 0.4) is 0 Å². The highest BCUT2D eigenvalue weighted by molar-refractivity contribution is 9.10. The van der Waals surface area contributed by atoms with E-state index < -0.39 is 0 Å². The van der Waals surface area contributed by atoms with Gasteiger partial charge in [-0.1, -0.05) is 11.6 Å². The normalized spacial score (nSPS) is 24.1. The molecule has 1 aliphatic rings. The van der Waals surface area contributed by atoms with E-state index in [1.165, 1.54) is 11.3 Å². The molecule has 0 aromatic carbocycles. The molecule has 2 unspecified atom stereocenters. The van der Waals surface area contributed by atoms with E-state index in [2.05, 4.69) is 15.9 Å². The summed E-state index contributed by atoms with van der Waals surface area (Å²) in [5.74, 6) is 0. The van der Waals surface area contributed by atoms with Crippen LogP contribution in [0, 0.1) is 0 Å². The molecule has 0 saturated carbocycles. The molecule has 1 fully saturated rings. The maximum absolute atomic E-state index is 6.09. The second kappa shape index (κ2) is 4.49. The standard InChI is InChI=1S/C9H11BrClNOS/c10-5-4-7(14-9(5)11)8(12)6-2-1-3-13-6/h4,6,8H,1-3,12H2. The van der Waals surface area contributed by atoms with Crippen LogP contribution < -0.4 is 5.73 Å². The van der Waals surface area contributed by atoms with E-state index in [0.29, 0.717) is 0 Å². The van der Waals surface area contributed by atoms with Crippen molar-refractivity contribution in [2.75, 3.05) is 6.61 Å². The third-order valence-electron chi connectivity index (χ3n) is 2.36. The van der Waals surface area contributed by atoms with Gasteiger partial charge in [-0.2, -0.15) is 0 Å². The van der Waals surface area contributed by atoms with Crippen molar-refractivity contribution in [3.05, 3.63) is 19.8 Å². The van der Waals surface area contributed by atoms with E-state index in [1.54, 1.807) is 0 Å². The molecular weight excluding hydrogens is 286 g/mol. The van der Waals surface area contributed by atoms with E-state index in [0.717, 1.165) is 33.1 Å². The minimum absolute atomic E-state index is 0.0358. The molecule has 14 heavy (non-hydrogen) atoms. The van der Waals surface area contributed by atoms with Gasteiger partial charge in [-0.15, -0.1) is 11.3 Å². The summed E-state index contributed by atoms with van der Waals surface area (Å²) in [6, 6.07) is 1.95. The number of thiophene rings is 1. The average molecular weight is 297 g/mol. The fraction of sp³-hybridized carbons (Fsp3) is 0.556. The minimum Gasteiger partial charge on any atom is -0.376 e. The van der Waals surface area contributed by atoms with Gasteiger partial charge in [0, 0.05) is 16.0 Å². The summed E-state index contributed by atoms with van der Waals surface area (Å²) in [6.07, 6.45) is 2.32. The molecular formula is C9H11BrClNOS. The van der Waals surface area contributed by atoms with Gasteiger partial charge >= 0.3 is 0 Å². The Hall–Kier alpha value is 0.390. The van der Waals surface area contributed by atoms with Crippen LogP contribution in [-0.4, -0.2) is 12.7 Å². The Balaban J connectivity index is 2.13. The van der Waals surface area contributed by atoms with Gasteiger partial charge in [-0.25, -0.2) is 0 Å². The maximum Gasteiger partial charge on any atom is 0.107 e. The molecule has 0 bridgehead atoms. The molecule has 2 rings (SSSR count). The van der Waals surface area contributed by atoms with Crippen molar-refractivity contribution in [1.29, 1.82) is 0 Å². The minimum atomic E-state index is -0.0358. The lowest BCUT2D eigenvalue weighted by molar-refractivity contribution is 0.0909. The van der Waals surface area contributed by atoms with Crippen molar-refractivity contribution < 1.29 is 4.74 Å². The molecule has 5 heteroatoms. The topological polar surface area (TPSA) is 35.2 Å². The Bertz CT molecular complexity index is 305. The van der Waals surface area contributed by atoms with Gasteiger partial charge in [0.1, 0.15) is 4.34 Å². The van der Waals surface area contributed by atoms with Gasteiger partial charge in [0.15, 0.2) is 0 Å². The molecule has 78 valence electrons. The van der Waals surface area contributed by atoms with Crippen molar-refractivity contribution in [2.45, 2.75) is 25.0 Å². The molecule has 2 atom stereocenters. The van der Waals surface area contributed by atoms with Crippen LogP contribution >= 0.6 is 38.9 Å². The number of hydrogen-bond acceptors (Lipinski definition) is 3. The first-order chi connectivity index (χ1) is 6.68. The zero-order chi connectivity index (χ0) is 10.1. The summed E-state index contributed by atoms with van der Waals surface area (Å²) in [5.41, 5.74) is 6.09. The Labute approximate surface area is 101 Å². The number of halogens is 2. The van der Waals surface area contributed by atoms with E-state index in [-0.39, 0.29) is 12.1 Å². The van der Waals surface area contributed by atoms with Gasteiger partial charge in [0.2, 0.25) is 0 Å². The molecule has 1 aliphatic heterocycles. The first-order valence-electron chi connectivity index (χ1n) is 4.50. The number of ether oxygens (including phenoxy) is 1. The monoisotopic (exact) mass is 295 g/mol. The van der Waals surface area contributed by atoms with Gasteiger partial charge < -0.3 is 10.5 Å². The smallest absolute Gasteiger partial charge is 0.107 e. The van der Waals surface area contributed by atoms with Crippen LogP contribution in [0.5, 0.6) is 0 Å². The summed E-state index contributed by atoms with van der Waals surface area (Å²) < 4.78 is 7.22. The lowest BCUT2D eigenvalue weighted by atomic mass is 10.1. The molecule has 0 spiro atoms. The van der Waals surface area contributed by atoms with Crippen molar-refractivity contribution in [3.63, 3.8) is 0 Å². The third kappa shape index (κ3) is 2.14. The van der Waals surface area contributed by atoms with Crippen LogP contribution in [0.15, 0.2) is 10.5 Å². The Kier molecular flexibility index (Phi) is 3.50. The highest BCUT2D eigenvalue weighted by Crippen LogP contribution is 2.37. The molecule has 1 aromatic heterocycles. The Morgan fingerprint density at radius 2 is 2.50 bits per heavy atom. The second-order valence-electron chi connectivity index (χ2n) is 3.35. The van der Waals surface area contributed by atoms with Gasteiger partial charge in [0.05, 0.1) is 12.1 Å². The zero-order valence-electron chi connectivity index (χ0n) is 7.50. The number of hydrogen-bond donors (Lipinski definition) is 1. The SMILES string of the molecule is NC(c1cc(Br)c(Cl)s1)C1CCCO1. The van der Waals surface area contributed by atoms with Crippen molar-refractivity contribution in [3.8, 4) is 0 Å². The predicted molar refractivity (Wildman–Crippen MR) is 62.9 cm³/mol. The summed E-state index contributed by atoms with van der Waals surface area (Å²) in [7, 11) is 0. The largest absolute Gasteiger partial charge is 0.376 e. The highest BCUT2D eigenvalue weighted by atomic mass is 79.9. The maximum atomic E-state index is 6.09. The fourth-order valence-electron chi connectivity index (χ4n) is 1.60. The fourth-order valence-corrected chi connectivity index (χ4v) is 3.39. The van der Waals surface area contributed by atoms with Gasteiger partial charge in [0.25, 0.3) is 0 Å². The first-order valence-corrected chi connectivity index (χ1v) is 6.49. The lowest BCUT2D eigenvalue weighted by Crippen LogP contribution is -2.24. The average Bonchev–Trinajstić information content (AvgIpc) is 2.76. The second-order valence-corrected chi connectivity index (χ2v) is 5.89. The van der Waals surface area contributed by atoms with Crippen molar-refractivity contribution in [2.24, 2.45) is 5.73 Å². The van der Waals surface area contributed by atoms with E-state index in [1.807, 2.05) is 6.07 Å². The molecule has 1 saturated heterocycles. The first kappa shape index (κ1) is 10.9. The molecule has 0 radical (unpaired) electrons. The van der Waals surface area contributed by atoms with E-state index in [4.69, 9.17) is 22.1 Å². The predicted octanol–water partition coefficient (Wildman–Crippen LogP) is 3.34. The lowest BCUT2D eigenvalue weighted by Gasteiger charge is -2.16. The number of rotatable bonds is 2. The van der Waals surface area contributed by atoms with Crippen LogP contribution in [0.2, 0.25) is 4.34 Å². The molecule has 2 N–H and O–H groups in total. The molecule has 2 nitrogen and oxygen atoms in total. The Morgan fingerprint density at radius 3 is 3.00 bits per heavy atom. The number of nitrogens with two attached hydrogens (primary N) is 1. The summed E-state index contributed by atoms with van der Waals surface area (Å²) in [5, 5.41) is 0. The van der Waals surface area contributed by atoms with Crippen molar-refractivity contribution in [1.82, 2.24) is 0 Å². The molecule has 0 aliphatic carbocycles. The molecule has 2 heterocycles. The van der Waals surface area contributed by atoms with E-state index in [9.17, 15) is 0 Å². The van der Waals surface area contributed by atoms with E-state index >= 15 is 0 Å². The zero-order valence-corrected chi connectivity index (χ0v) is 10.7. The summed E-state index contributed by atoms with van der Waals surface area (Å²) in [4.78, 5) is 1.09. The third-order valence-corrected chi connectivity index (χ3v) is 4.93. The van der Waals surface area contributed by atoms with Gasteiger partial charge in [-0.3, -0.25) is 0 Å². The highest BCUT2D eigenvalue weighted by Gasteiger charge is 2.25. The quantitative estimate of drug-likeness (QED) is 0.908. The molecule has 0 amide bonds. The summed E-state index contributed by atoms with van der Waals surface area (Å²) in [6.45, 7) is 0.832. The van der Waals surface area contributed by atoms with Crippen LogP contribution in [0.4, 0.5) is 0 Å². The van der Waals surface area contributed by atoms with Crippen LogP contribution in [-0.2, 0) is 4.74 Å². The molecule has 1 aromatic rings. The van der Waals surface area contributed by atoms with Crippen LogP contribution in [0.1, 0.15) is 23.8 Å².